The van der Waals surface area contributed by atoms with Gasteiger partial charge in [-0.1, -0.05) is 18.3 Å². The van der Waals surface area contributed by atoms with E-state index in [2.05, 4.69) is 10.6 Å². The van der Waals surface area contributed by atoms with Crippen molar-refractivity contribution in [1.29, 1.82) is 0 Å². The van der Waals surface area contributed by atoms with Crippen LogP contribution in [0.15, 0.2) is 18.2 Å². The number of thiocarbonyl (C=S) groups is 1. The molecule has 1 unspecified atom stereocenters. The summed E-state index contributed by atoms with van der Waals surface area (Å²) in [5, 5.41) is 6.02. The molecule has 1 atom stereocenters. The van der Waals surface area contributed by atoms with Crippen molar-refractivity contribution in [1.82, 2.24) is 5.32 Å². The molecule has 104 valence electrons. The third-order valence-electron chi connectivity index (χ3n) is 2.64. The molecule has 0 aromatic heterocycles. The number of amides is 1. The average molecular weight is 279 g/mol. The van der Waals surface area contributed by atoms with Crippen LogP contribution in [0.1, 0.15) is 31.9 Å². The van der Waals surface area contributed by atoms with Crippen molar-refractivity contribution in [2.75, 3.05) is 5.32 Å². The fraction of sp³-hybridized carbons (Fsp3) is 0.429. The van der Waals surface area contributed by atoms with E-state index in [4.69, 9.17) is 18.0 Å². The van der Waals surface area contributed by atoms with Gasteiger partial charge in [0, 0.05) is 17.3 Å². The predicted octanol–water partition coefficient (Wildman–Crippen LogP) is 1.95. The van der Waals surface area contributed by atoms with Crippen molar-refractivity contribution in [3.05, 3.63) is 29.3 Å². The van der Waals surface area contributed by atoms with E-state index in [-0.39, 0.29) is 18.0 Å². The van der Waals surface area contributed by atoms with Crippen molar-refractivity contribution in [3.63, 3.8) is 0 Å². The molecule has 1 aromatic carbocycles. The highest BCUT2D eigenvalue weighted by Crippen LogP contribution is 2.18. The summed E-state index contributed by atoms with van der Waals surface area (Å²) in [5.74, 6) is -0.0506. The monoisotopic (exact) mass is 279 g/mol. The van der Waals surface area contributed by atoms with Gasteiger partial charge in [-0.05, 0) is 45.4 Å². The quantitative estimate of drug-likeness (QED) is 0.721. The molecule has 0 aliphatic rings. The molecule has 0 saturated carbocycles. The fourth-order valence-corrected chi connectivity index (χ4v) is 1.88. The number of nitrogens with two attached hydrogens (primary N) is 1. The fourth-order valence-electron chi connectivity index (χ4n) is 1.70. The standard InChI is InChI=1S/C14H21N3OS/c1-8(2)16-14(18)10(4)17-12-7-9(3)5-6-11(12)13(15)19/h5-8,10,17H,1-4H3,(H2,15,19)(H,16,18). The third-order valence-corrected chi connectivity index (χ3v) is 2.86. The molecular weight excluding hydrogens is 258 g/mol. The van der Waals surface area contributed by atoms with Crippen LogP contribution in [0.2, 0.25) is 0 Å². The van der Waals surface area contributed by atoms with E-state index < -0.39 is 0 Å². The first-order chi connectivity index (χ1) is 8.81. The molecule has 0 spiro atoms. The minimum Gasteiger partial charge on any atom is -0.389 e. The summed E-state index contributed by atoms with van der Waals surface area (Å²) in [4.78, 5) is 12.2. The van der Waals surface area contributed by atoms with E-state index in [1.165, 1.54) is 0 Å². The van der Waals surface area contributed by atoms with Gasteiger partial charge in [0.15, 0.2) is 0 Å². The highest BCUT2D eigenvalue weighted by molar-refractivity contribution is 7.80. The lowest BCUT2D eigenvalue weighted by Crippen LogP contribution is -2.41. The lowest BCUT2D eigenvalue weighted by atomic mass is 10.1. The van der Waals surface area contributed by atoms with Gasteiger partial charge >= 0.3 is 0 Å². The average Bonchev–Trinajstić information content (AvgIpc) is 2.27. The van der Waals surface area contributed by atoms with Crippen molar-refractivity contribution in [2.24, 2.45) is 5.73 Å². The second-order valence-electron chi connectivity index (χ2n) is 4.94. The maximum atomic E-state index is 11.9. The highest BCUT2D eigenvalue weighted by atomic mass is 32.1. The summed E-state index contributed by atoms with van der Waals surface area (Å²) in [7, 11) is 0. The minimum absolute atomic E-state index is 0.0506. The first kappa shape index (κ1) is 15.4. The van der Waals surface area contributed by atoms with Crippen molar-refractivity contribution in [2.45, 2.75) is 39.8 Å². The Morgan fingerprint density at radius 2 is 1.95 bits per heavy atom. The molecule has 1 rings (SSSR count). The number of hydrogen-bond donors (Lipinski definition) is 3. The van der Waals surface area contributed by atoms with Crippen LogP contribution in [0.25, 0.3) is 0 Å². The van der Waals surface area contributed by atoms with Gasteiger partial charge in [-0.3, -0.25) is 4.79 Å². The topological polar surface area (TPSA) is 67.1 Å². The van der Waals surface area contributed by atoms with Crippen LogP contribution in [0.5, 0.6) is 0 Å². The van der Waals surface area contributed by atoms with Crippen LogP contribution in [-0.2, 0) is 4.79 Å². The SMILES string of the molecule is Cc1ccc(C(N)=S)c(NC(C)C(=O)NC(C)C)c1. The van der Waals surface area contributed by atoms with Gasteiger partial charge in [0.05, 0.1) is 0 Å². The molecule has 1 aromatic rings. The number of carbonyl (C=O) groups is 1. The van der Waals surface area contributed by atoms with Gasteiger partial charge in [-0.15, -0.1) is 0 Å². The van der Waals surface area contributed by atoms with Gasteiger partial charge < -0.3 is 16.4 Å². The molecule has 19 heavy (non-hydrogen) atoms. The zero-order valence-electron chi connectivity index (χ0n) is 11.8. The maximum Gasteiger partial charge on any atom is 0.242 e. The molecule has 4 nitrogen and oxygen atoms in total. The first-order valence-corrected chi connectivity index (χ1v) is 6.69. The number of benzene rings is 1. The van der Waals surface area contributed by atoms with E-state index in [0.717, 1.165) is 16.8 Å². The van der Waals surface area contributed by atoms with Crippen LogP contribution >= 0.6 is 12.2 Å². The van der Waals surface area contributed by atoms with E-state index in [1.54, 1.807) is 0 Å². The first-order valence-electron chi connectivity index (χ1n) is 6.28. The second-order valence-corrected chi connectivity index (χ2v) is 5.38. The second kappa shape index (κ2) is 6.52. The predicted molar refractivity (Wildman–Crippen MR) is 83.4 cm³/mol. The van der Waals surface area contributed by atoms with Crippen molar-refractivity contribution < 1.29 is 4.79 Å². The van der Waals surface area contributed by atoms with E-state index in [1.807, 2.05) is 45.9 Å². The van der Waals surface area contributed by atoms with E-state index in [0.29, 0.717) is 4.99 Å². The number of hydrogen-bond acceptors (Lipinski definition) is 3. The van der Waals surface area contributed by atoms with Gasteiger partial charge in [-0.2, -0.15) is 0 Å². The zero-order valence-corrected chi connectivity index (χ0v) is 12.6. The summed E-state index contributed by atoms with van der Waals surface area (Å²) in [6, 6.07) is 5.51. The van der Waals surface area contributed by atoms with Gasteiger partial charge in [-0.25, -0.2) is 0 Å². The lowest BCUT2D eigenvalue weighted by Gasteiger charge is -2.19. The van der Waals surface area contributed by atoms with Gasteiger partial charge in [0.25, 0.3) is 0 Å². The Morgan fingerprint density at radius 1 is 1.32 bits per heavy atom. The number of rotatable bonds is 5. The Kier molecular flexibility index (Phi) is 5.30. The molecule has 0 radical (unpaired) electrons. The van der Waals surface area contributed by atoms with Crippen LogP contribution in [-0.4, -0.2) is 23.0 Å². The smallest absolute Gasteiger partial charge is 0.242 e. The van der Waals surface area contributed by atoms with Crippen LogP contribution in [0, 0.1) is 6.92 Å². The Bertz CT molecular complexity index is 486. The molecule has 5 heteroatoms. The highest BCUT2D eigenvalue weighted by Gasteiger charge is 2.15. The maximum absolute atomic E-state index is 11.9. The van der Waals surface area contributed by atoms with E-state index in [9.17, 15) is 4.79 Å². The van der Waals surface area contributed by atoms with Crippen molar-refractivity contribution >= 4 is 28.8 Å². The zero-order chi connectivity index (χ0) is 14.6. The summed E-state index contributed by atoms with van der Waals surface area (Å²) in [6.07, 6.45) is 0. The summed E-state index contributed by atoms with van der Waals surface area (Å²) in [6.45, 7) is 7.65. The van der Waals surface area contributed by atoms with E-state index >= 15 is 0 Å². The Hall–Kier alpha value is -1.62. The van der Waals surface area contributed by atoms with Crippen LogP contribution in [0.3, 0.4) is 0 Å². The number of carbonyl (C=O) groups excluding carboxylic acids is 1. The van der Waals surface area contributed by atoms with Crippen LogP contribution in [0.4, 0.5) is 5.69 Å². The molecule has 4 N–H and O–H groups in total. The van der Waals surface area contributed by atoms with Crippen molar-refractivity contribution in [3.8, 4) is 0 Å². The largest absolute Gasteiger partial charge is 0.389 e. The number of anilines is 1. The summed E-state index contributed by atoms with van der Waals surface area (Å²) < 4.78 is 0. The lowest BCUT2D eigenvalue weighted by molar-refractivity contribution is -0.122. The Labute approximate surface area is 119 Å². The molecule has 0 aliphatic carbocycles. The number of nitrogens with one attached hydrogen (secondary N) is 2. The summed E-state index contributed by atoms with van der Waals surface area (Å²) >= 11 is 5.02. The van der Waals surface area contributed by atoms with Gasteiger partial charge in [0.1, 0.15) is 11.0 Å². The Balaban J connectivity index is 2.89. The number of aryl methyl sites for hydroxylation is 1. The Morgan fingerprint density at radius 3 is 2.47 bits per heavy atom. The summed E-state index contributed by atoms with van der Waals surface area (Å²) in [5.41, 5.74) is 8.32. The molecule has 0 fully saturated rings. The minimum atomic E-state index is -0.350. The molecule has 1 amide bonds. The van der Waals surface area contributed by atoms with Crippen LogP contribution < -0.4 is 16.4 Å². The third kappa shape index (κ3) is 4.52. The molecular formula is C14H21N3OS. The molecule has 0 heterocycles. The normalized spacial score (nSPS) is 12.1. The molecule has 0 aliphatic heterocycles. The van der Waals surface area contributed by atoms with Gasteiger partial charge in [0.2, 0.25) is 5.91 Å². The molecule has 0 bridgehead atoms. The molecule has 0 saturated heterocycles.